The third-order valence-corrected chi connectivity index (χ3v) is 4.72. The summed E-state index contributed by atoms with van der Waals surface area (Å²) in [7, 11) is 3.25. The molecule has 0 heterocycles. The summed E-state index contributed by atoms with van der Waals surface area (Å²) < 4.78 is 16.8. The highest BCUT2D eigenvalue weighted by Gasteiger charge is 2.20. The molecule has 0 aromatic heterocycles. The molecule has 0 spiro atoms. The number of hydrogen-bond donors (Lipinski definition) is 2. The van der Waals surface area contributed by atoms with E-state index >= 15 is 0 Å². The van der Waals surface area contributed by atoms with Crippen molar-refractivity contribution >= 4 is 11.6 Å². The van der Waals surface area contributed by atoms with E-state index in [1.165, 1.54) is 6.42 Å². The molecule has 6 nitrogen and oxygen atoms in total. The van der Waals surface area contributed by atoms with Gasteiger partial charge in [0.05, 0.1) is 26.9 Å². The highest BCUT2D eigenvalue weighted by Crippen LogP contribution is 2.30. The predicted molar refractivity (Wildman–Crippen MR) is 113 cm³/mol. The number of para-hydroxylation sites is 1. The van der Waals surface area contributed by atoms with E-state index in [9.17, 15) is 0 Å². The fourth-order valence-corrected chi connectivity index (χ4v) is 2.94. The SMILES string of the molecule is CCNC(=NCc1ccccc1OC1CCC1)Nc1ccc(OC)c(OC)c1. The number of methoxy groups -OCH3 is 2. The first-order valence-electron chi connectivity index (χ1n) is 9.75. The van der Waals surface area contributed by atoms with Crippen LogP contribution in [0.3, 0.4) is 0 Å². The lowest BCUT2D eigenvalue weighted by molar-refractivity contribution is 0.119. The molecule has 6 heteroatoms. The van der Waals surface area contributed by atoms with Gasteiger partial charge in [-0.05, 0) is 44.4 Å². The topological polar surface area (TPSA) is 64.1 Å². The lowest BCUT2D eigenvalue weighted by Crippen LogP contribution is -2.30. The number of benzene rings is 2. The summed E-state index contributed by atoms with van der Waals surface area (Å²) in [5.41, 5.74) is 1.95. The molecule has 0 atom stereocenters. The van der Waals surface area contributed by atoms with Crippen LogP contribution in [0.4, 0.5) is 5.69 Å². The maximum atomic E-state index is 6.11. The molecule has 1 fully saturated rings. The van der Waals surface area contributed by atoms with Crippen molar-refractivity contribution in [1.82, 2.24) is 5.32 Å². The summed E-state index contributed by atoms with van der Waals surface area (Å²) >= 11 is 0. The molecule has 0 amide bonds. The molecule has 3 rings (SSSR count). The predicted octanol–water partition coefficient (Wildman–Crippen LogP) is 4.21. The zero-order valence-corrected chi connectivity index (χ0v) is 16.8. The van der Waals surface area contributed by atoms with E-state index in [0.717, 1.165) is 36.4 Å². The Morgan fingerprint density at radius 1 is 1.04 bits per heavy atom. The Kier molecular flexibility index (Phi) is 7.00. The van der Waals surface area contributed by atoms with Gasteiger partial charge < -0.3 is 24.8 Å². The molecule has 0 saturated heterocycles. The molecule has 0 radical (unpaired) electrons. The van der Waals surface area contributed by atoms with Crippen molar-refractivity contribution in [2.24, 2.45) is 4.99 Å². The van der Waals surface area contributed by atoms with Crippen molar-refractivity contribution in [3.05, 3.63) is 48.0 Å². The monoisotopic (exact) mass is 383 g/mol. The van der Waals surface area contributed by atoms with Crippen LogP contribution >= 0.6 is 0 Å². The Morgan fingerprint density at radius 3 is 2.50 bits per heavy atom. The van der Waals surface area contributed by atoms with Gasteiger partial charge in [-0.25, -0.2) is 4.99 Å². The summed E-state index contributed by atoms with van der Waals surface area (Å²) in [6, 6.07) is 13.8. The number of rotatable bonds is 8. The van der Waals surface area contributed by atoms with Crippen molar-refractivity contribution in [2.75, 3.05) is 26.1 Å². The summed E-state index contributed by atoms with van der Waals surface area (Å²) in [5.74, 6) is 2.99. The molecule has 1 aliphatic rings. The summed E-state index contributed by atoms with van der Waals surface area (Å²) in [5, 5.41) is 6.60. The van der Waals surface area contributed by atoms with Crippen molar-refractivity contribution in [3.8, 4) is 17.2 Å². The fraction of sp³-hybridized carbons (Fsp3) is 0.409. The minimum atomic E-state index is 0.350. The molecule has 28 heavy (non-hydrogen) atoms. The van der Waals surface area contributed by atoms with Crippen molar-refractivity contribution in [1.29, 1.82) is 0 Å². The average molecular weight is 383 g/mol. The van der Waals surface area contributed by atoms with Gasteiger partial charge in [0.15, 0.2) is 17.5 Å². The van der Waals surface area contributed by atoms with E-state index in [0.29, 0.717) is 30.1 Å². The largest absolute Gasteiger partial charge is 0.493 e. The Bertz CT molecular complexity index is 803. The van der Waals surface area contributed by atoms with Gasteiger partial charge in [0.25, 0.3) is 0 Å². The highest BCUT2D eigenvalue weighted by molar-refractivity contribution is 5.93. The van der Waals surface area contributed by atoms with Crippen LogP contribution in [0.1, 0.15) is 31.7 Å². The molecule has 2 aromatic carbocycles. The van der Waals surface area contributed by atoms with Gasteiger partial charge in [-0.1, -0.05) is 18.2 Å². The lowest BCUT2D eigenvalue weighted by atomic mass is 9.96. The van der Waals surface area contributed by atoms with Gasteiger partial charge in [0, 0.05) is 23.9 Å². The van der Waals surface area contributed by atoms with Crippen LogP contribution in [0.25, 0.3) is 0 Å². The number of ether oxygens (including phenoxy) is 3. The van der Waals surface area contributed by atoms with Gasteiger partial charge in [0.2, 0.25) is 0 Å². The average Bonchev–Trinajstić information content (AvgIpc) is 2.69. The van der Waals surface area contributed by atoms with E-state index in [1.54, 1.807) is 14.2 Å². The van der Waals surface area contributed by atoms with E-state index in [1.807, 2.05) is 43.3 Å². The molecule has 0 unspecified atom stereocenters. The second kappa shape index (κ2) is 9.88. The van der Waals surface area contributed by atoms with Crippen molar-refractivity contribution < 1.29 is 14.2 Å². The number of hydrogen-bond acceptors (Lipinski definition) is 4. The smallest absolute Gasteiger partial charge is 0.196 e. The minimum Gasteiger partial charge on any atom is -0.493 e. The number of aliphatic imine (C=N–C) groups is 1. The maximum absolute atomic E-state index is 6.11. The Morgan fingerprint density at radius 2 is 1.82 bits per heavy atom. The third kappa shape index (κ3) is 5.09. The number of anilines is 1. The third-order valence-electron chi connectivity index (χ3n) is 4.72. The highest BCUT2D eigenvalue weighted by atomic mass is 16.5. The molecule has 0 aliphatic heterocycles. The summed E-state index contributed by atoms with van der Waals surface area (Å²) in [4.78, 5) is 4.73. The van der Waals surface area contributed by atoms with Crippen LogP contribution in [0.15, 0.2) is 47.5 Å². The molecule has 150 valence electrons. The lowest BCUT2D eigenvalue weighted by Gasteiger charge is -2.27. The van der Waals surface area contributed by atoms with Crippen LogP contribution in [0.2, 0.25) is 0 Å². The van der Waals surface area contributed by atoms with Crippen molar-refractivity contribution in [2.45, 2.75) is 38.8 Å². The number of nitrogens with one attached hydrogen (secondary N) is 2. The molecular formula is C22H29N3O3. The Balaban J connectivity index is 1.73. The quantitative estimate of drug-likeness (QED) is 0.528. The van der Waals surface area contributed by atoms with Crippen LogP contribution in [0.5, 0.6) is 17.2 Å². The fourth-order valence-electron chi connectivity index (χ4n) is 2.94. The first-order valence-corrected chi connectivity index (χ1v) is 9.75. The molecule has 1 saturated carbocycles. The van der Waals surface area contributed by atoms with Crippen LogP contribution in [0, 0.1) is 0 Å². The zero-order chi connectivity index (χ0) is 19.8. The van der Waals surface area contributed by atoms with E-state index in [4.69, 9.17) is 19.2 Å². The van der Waals surface area contributed by atoms with Crippen LogP contribution < -0.4 is 24.8 Å². The van der Waals surface area contributed by atoms with Crippen LogP contribution in [-0.2, 0) is 6.54 Å². The van der Waals surface area contributed by atoms with Gasteiger partial charge in [0.1, 0.15) is 5.75 Å². The molecular weight excluding hydrogens is 354 g/mol. The molecule has 2 aromatic rings. The van der Waals surface area contributed by atoms with E-state index in [-0.39, 0.29) is 0 Å². The molecule has 0 bridgehead atoms. The Labute approximate surface area is 166 Å². The number of guanidine groups is 1. The zero-order valence-electron chi connectivity index (χ0n) is 16.8. The first-order chi connectivity index (χ1) is 13.7. The molecule has 2 N–H and O–H groups in total. The summed E-state index contributed by atoms with van der Waals surface area (Å²) in [6.45, 7) is 3.34. The normalized spacial score (nSPS) is 14.2. The van der Waals surface area contributed by atoms with Gasteiger partial charge >= 0.3 is 0 Å². The van der Waals surface area contributed by atoms with Gasteiger partial charge in [-0.2, -0.15) is 0 Å². The van der Waals surface area contributed by atoms with Gasteiger partial charge in [-0.3, -0.25) is 0 Å². The second-order valence-corrected chi connectivity index (χ2v) is 6.67. The second-order valence-electron chi connectivity index (χ2n) is 6.67. The van der Waals surface area contributed by atoms with Crippen LogP contribution in [-0.4, -0.2) is 32.8 Å². The summed E-state index contributed by atoms with van der Waals surface area (Å²) in [6.07, 6.45) is 3.88. The maximum Gasteiger partial charge on any atom is 0.196 e. The first kappa shape index (κ1) is 19.9. The standard InChI is InChI=1S/C22H29N3O3/c1-4-23-22(25-17-12-13-20(26-2)21(14-17)27-3)24-15-16-8-5-6-11-19(16)28-18-9-7-10-18/h5-6,8,11-14,18H,4,7,9-10,15H2,1-3H3,(H2,23,24,25). The van der Waals surface area contributed by atoms with Gasteiger partial charge in [-0.15, -0.1) is 0 Å². The minimum absolute atomic E-state index is 0.350. The van der Waals surface area contributed by atoms with E-state index in [2.05, 4.69) is 16.7 Å². The number of nitrogens with zero attached hydrogens (tertiary/aromatic N) is 1. The van der Waals surface area contributed by atoms with E-state index < -0.39 is 0 Å². The Hall–Kier alpha value is -2.89. The molecule has 1 aliphatic carbocycles. The van der Waals surface area contributed by atoms with Crippen molar-refractivity contribution in [3.63, 3.8) is 0 Å².